The van der Waals surface area contributed by atoms with Crippen LogP contribution in [0.15, 0.2) is 6.33 Å². The van der Waals surface area contributed by atoms with Gasteiger partial charge in [0.1, 0.15) is 12.9 Å². The Hall–Kier alpha value is -1.63. The van der Waals surface area contributed by atoms with Crippen molar-refractivity contribution in [1.82, 2.24) is 20.1 Å². The number of nitrogens with zero attached hydrogens (tertiary/aromatic N) is 3. The van der Waals surface area contributed by atoms with Gasteiger partial charge in [-0.2, -0.15) is 0 Å². The highest BCUT2D eigenvalue weighted by molar-refractivity contribution is 5.76. The summed E-state index contributed by atoms with van der Waals surface area (Å²) in [6.45, 7) is 0.0597. The lowest BCUT2D eigenvalue weighted by atomic mass is 9.99. The van der Waals surface area contributed by atoms with Crippen molar-refractivity contribution in [1.29, 1.82) is 0 Å². The van der Waals surface area contributed by atoms with Crippen molar-refractivity contribution in [3.8, 4) is 0 Å². The molecule has 0 aliphatic heterocycles. The maximum Gasteiger partial charge on any atom is 0.242 e. The maximum absolute atomic E-state index is 11.8. The van der Waals surface area contributed by atoms with Gasteiger partial charge in [-0.15, -0.1) is 5.10 Å². The Balaban J connectivity index is 1.92. The standard InChI is InChI=1S/C10H17N5O2/c11-9-12-7-15(14-9)5-8(17)13-10(6-16)3-1-2-4-10/h7,16H,1-6H2,(H2,11,14)(H,13,17). The van der Waals surface area contributed by atoms with E-state index in [1.807, 2.05) is 0 Å². The van der Waals surface area contributed by atoms with Gasteiger partial charge in [-0.05, 0) is 12.8 Å². The number of amides is 1. The zero-order valence-corrected chi connectivity index (χ0v) is 9.59. The van der Waals surface area contributed by atoms with Gasteiger partial charge in [-0.3, -0.25) is 4.79 Å². The molecule has 0 saturated heterocycles. The number of nitrogens with one attached hydrogen (secondary N) is 1. The lowest BCUT2D eigenvalue weighted by molar-refractivity contribution is -0.124. The summed E-state index contributed by atoms with van der Waals surface area (Å²) in [6, 6.07) is 0. The van der Waals surface area contributed by atoms with Crippen LogP contribution >= 0.6 is 0 Å². The van der Waals surface area contributed by atoms with Crippen molar-refractivity contribution in [3.63, 3.8) is 0 Å². The molecule has 94 valence electrons. The molecule has 1 fully saturated rings. The molecule has 1 aromatic rings. The average Bonchev–Trinajstić information content (AvgIpc) is 2.89. The summed E-state index contributed by atoms with van der Waals surface area (Å²) in [5.74, 6) is -0.0265. The van der Waals surface area contributed by atoms with E-state index in [4.69, 9.17) is 5.73 Å². The Bertz CT molecular complexity index is 397. The van der Waals surface area contributed by atoms with E-state index in [1.165, 1.54) is 11.0 Å². The number of aromatic nitrogens is 3. The van der Waals surface area contributed by atoms with Gasteiger partial charge in [0.2, 0.25) is 11.9 Å². The minimum atomic E-state index is -0.441. The third-order valence-corrected chi connectivity index (χ3v) is 3.13. The molecular formula is C10H17N5O2. The van der Waals surface area contributed by atoms with E-state index in [-0.39, 0.29) is 25.0 Å². The molecule has 0 radical (unpaired) electrons. The highest BCUT2D eigenvalue weighted by atomic mass is 16.3. The summed E-state index contributed by atoms with van der Waals surface area (Å²) in [7, 11) is 0. The summed E-state index contributed by atoms with van der Waals surface area (Å²) < 4.78 is 1.38. The van der Waals surface area contributed by atoms with E-state index >= 15 is 0 Å². The third-order valence-electron chi connectivity index (χ3n) is 3.13. The molecule has 0 atom stereocenters. The minimum absolute atomic E-state index is 0.0156. The Labute approximate surface area is 99.0 Å². The lowest BCUT2D eigenvalue weighted by Gasteiger charge is -2.27. The molecule has 7 nitrogen and oxygen atoms in total. The molecule has 1 aromatic heterocycles. The second-order valence-electron chi connectivity index (χ2n) is 4.49. The second kappa shape index (κ2) is 4.70. The number of rotatable bonds is 4. The number of hydrogen-bond acceptors (Lipinski definition) is 5. The summed E-state index contributed by atoms with van der Waals surface area (Å²) in [6.07, 6.45) is 5.15. The van der Waals surface area contributed by atoms with Crippen LogP contribution in [0, 0.1) is 0 Å². The second-order valence-corrected chi connectivity index (χ2v) is 4.49. The molecule has 0 spiro atoms. The molecule has 0 bridgehead atoms. The molecule has 1 amide bonds. The topological polar surface area (TPSA) is 106 Å². The van der Waals surface area contributed by atoms with Gasteiger partial charge in [-0.1, -0.05) is 12.8 Å². The number of carbonyl (C=O) groups excluding carboxylic acids is 1. The van der Waals surface area contributed by atoms with Gasteiger partial charge in [0.25, 0.3) is 0 Å². The van der Waals surface area contributed by atoms with Gasteiger partial charge >= 0.3 is 0 Å². The molecule has 17 heavy (non-hydrogen) atoms. The van der Waals surface area contributed by atoms with Crippen LogP contribution in [0.2, 0.25) is 0 Å². The molecule has 7 heteroatoms. The van der Waals surface area contributed by atoms with Crippen LogP contribution in [0.3, 0.4) is 0 Å². The van der Waals surface area contributed by atoms with E-state index in [1.54, 1.807) is 0 Å². The zero-order chi connectivity index (χ0) is 12.3. The van der Waals surface area contributed by atoms with Crippen molar-refractivity contribution < 1.29 is 9.90 Å². The first-order valence-electron chi connectivity index (χ1n) is 5.70. The normalized spacial score (nSPS) is 18.2. The Morgan fingerprint density at radius 1 is 1.59 bits per heavy atom. The molecule has 1 aliphatic rings. The van der Waals surface area contributed by atoms with E-state index in [2.05, 4.69) is 15.4 Å². The predicted molar refractivity (Wildman–Crippen MR) is 60.9 cm³/mol. The first-order valence-corrected chi connectivity index (χ1v) is 5.70. The number of nitrogens with two attached hydrogens (primary N) is 1. The Kier molecular flexibility index (Phi) is 3.28. The molecule has 1 saturated carbocycles. The summed E-state index contributed by atoms with van der Waals surface area (Å²) in [4.78, 5) is 15.5. The van der Waals surface area contributed by atoms with Crippen LogP contribution in [-0.2, 0) is 11.3 Å². The fourth-order valence-corrected chi connectivity index (χ4v) is 2.24. The largest absolute Gasteiger partial charge is 0.394 e. The first kappa shape index (κ1) is 11.8. The average molecular weight is 239 g/mol. The van der Waals surface area contributed by atoms with Crippen molar-refractivity contribution in [2.75, 3.05) is 12.3 Å². The molecule has 2 rings (SSSR count). The van der Waals surface area contributed by atoms with Gasteiger partial charge in [-0.25, -0.2) is 9.67 Å². The molecule has 1 heterocycles. The predicted octanol–water partition coefficient (Wildman–Crippen LogP) is -0.718. The molecular weight excluding hydrogens is 222 g/mol. The van der Waals surface area contributed by atoms with Crippen LogP contribution in [0.5, 0.6) is 0 Å². The van der Waals surface area contributed by atoms with E-state index < -0.39 is 5.54 Å². The highest BCUT2D eigenvalue weighted by Gasteiger charge is 2.34. The quantitative estimate of drug-likeness (QED) is 0.643. The number of aliphatic hydroxyl groups excluding tert-OH is 1. The SMILES string of the molecule is Nc1ncn(CC(=O)NC2(CO)CCCC2)n1. The number of carbonyl (C=O) groups is 1. The van der Waals surface area contributed by atoms with Gasteiger partial charge in [0.05, 0.1) is 12.1 Å². The molecule has 0 unspecified atom stereocenters. The molecule has 1 aliphatic carbocycles. The smallest absolute Gasteiger partial charge is 0.242 e. The number of anilines is 1. The van der Waals surface area contributed by atoms with E-state index in [0.29, 0.717) is 0 Å². The number of aliphatic hydroxyl groups is 1. The van der Waals surface area contributed by atoms with Gasteiger partial charge in [0, 0.05) is 0 Å². The fourth-order valence-electron chi connectivity index (χ4n) is 2.24. The maximum atomic E-state index is 11.8. The van der Waals surface area contributed by atoms with Crippen LogP contribution in [0.4, 0.5) is 5.95 Å². The van der Waals surface area contributed by atoms with Crippen LogP contribution in [0.1, 0.15) is 25.7 Å². The monoisotopic (exact) mass is 239 g/mol. The van der Waals surface area contributed by atoms with Crippen molar-refractivity contribution in [2.24, 2.45) is 0 Å². The minimum Gasteiger partial charge on any atom is -0.394 e. The molecule has 0 aromatic carbocycles. The summed E-state index contributed by atoms with van der Waals surface area (Å²) >= 11 is 0. The highest BCUT2D eigenvalue weighted by Crippen LogP contribution is 2.28. The Morgan fingerprint density at radius 2 is 2.29 bits per heavy atom. The van der Waals surface area contributed by atoms with Crippen molar-refractivity contribution in [3.05, 3.63) is 6.33 Å². The fraction of sp³-hybridized carbons (Fsp3) is 0.700. The van der Waals surface area contributed by atoms with Crippen LogP contribution in [-0.4, -0.2) is 37.9 Å². The lowest BCUT2D eigenvalue weighted by Crippen LogP contribution is -2.50. The Morgan fingerprint density at radius 3 is 2.82 bits per heavy atom. The van der Waals surface area contributed by atoms with E-state index in [0.717, 1.165) is 25.7 Å². The van der Waals surface area contributed by atoms with Crippen molar-refractivity contribution >= 4 is 11.9 Å². The van der Waals surface area contributed by atoms with Gasteiger partial charge < -0.3 is 16.2 Å². The van der Waals surface area contributed by atoms with Crippen LogP contribution in [0.25, 0.3) is 0 Å². The van der Waals surface area contributed by atoms with E-state index in [9.17, 15) is 9.90 Å². The molecule has 4 N–H and O–H groups in total. The summed E-state index contributed by atoms with van der Waals surface area (Å²) in [5.41, 5.74) is 4.91. The first-order chi connectivity index (χ1) is 8.13. The third kappa shape index (κ3) is 2.73. The summed E-state index contributed by atoms with van der Waals surface area (Å²) in [5, 5.41) is 16.1. The number of nitrogen functional groups attached to an aromatic ring is 1. The number of hydrogen-bond donors (Lipinski definition) is 3. The van der Waals surface area contributed by atoms with Crippen molar-refractivity contribution in [2.45, 2.75) is 37.8 Å². The van der Waals surface area contributed by atoms with Crippen LogP contribution < -0.4 is 11.1 Å². The van der Waals surface area contributed by atoms with Gasteiger partial charge in [0.15, 0.2) is 0 Å². The zero-order valence-electron chi connectivity index (χ0n) is 9.59.